The molecule has 0 bridgehead atoms. The van der Waals surface area contributed by atoms with Crippen LogP contribution in [-0.2, 0) is 0 Å². The lowest BCUT2D eigenvalue weighted by molar-refractivity contribution is -0.0497. The van der Waals surface area contributed by atoms with Crippen molar-refractivity contribution >= 4 is 46.4 Å². The van der Waals surface area contributed by atoms with Gasteiger partial charge in [0, 0.05) is 10.6 Å². The smallest absolute Gasteiger partial charge is 0.387 e. The molecule has 0 spiro atoms. The van der Waals surface area contributed by atoms with Gasteiger partial charge in [-0.05, 0) is 29.8 Å². The molecule has 0 radical (unpaired) electrons. The van der Waals surface area contributed by atoms with E-state index in [4.69, 9.17) is 46.4 Å². The minimum absolute atomic E-state index is 0.0462. The summed E-state index contributed by atoms with van der Waals surface area (Å²) in [4.78, 5) is 0. The zero-order valence-electron chi connectivity index (χ0n) is 9.64. The zero-order valence-corrected chi connectivity index (χ0v) is 12.7. The van der Waals surface area contributed by atoms with Gasteiger partial charge in [0.15, 0.2) is 0 Å². The molecule has 7 heteroatoms. The maximum atomic E-state index is 12.2. The van der Waals surface area contributed by atoms with E-state index in [1.165, 1.54) is 18.2 Å². The third kappa shape index (κ3) is 3.47. The summed E-state index contributed by atoms with van der Waals surface area (Å²) in [5, 5.41) is 1.07. The van der Waals surface area contributed by atoms with Crippen LogP contribution in [0.2, 0.25) is 20.1 Å². The molecule has 0 aromatic heterocycles. The van der Waals surface area contributed by atoms with Gasteiger partial charge in [-0.25, -0.2) is 0 Å². The lowest BCUT2D eigenvalue weighted by Gasteiger charge is -2.10. The van der Waals surface area contributed by atoms with Crippen LogP contribution in [0.5, 0.6) is 5.75 Å². The van der Waals surface area contributed by atoms with Crippen LogP contribution < -0.4 is 4.74 Å². The molecular weight excluding hydrogens is 352 g/mol. The maximum absolute atomic E-state index is 12.2. The van der Waals surface area contributed by atoms with E-state index in [0.717, 1.165) is 0 Å². The van der Waals surface area contributed by atoms with Crippen LogP contribution in [0.15, 0.2) is 30.3 Å². The molecule has 2 rings (SSSR count). The summed E-state index contributed by atoms with van der Waals surface area (Å²) in [6.07, 6.45) is 0. The molecule has 0 aliphatic rings. The van der Waals surface area contributed by atoms with Crippen molar-refractivity contribution < 1.29 is 13.5 Å². The summed E-state index contributed by atoms with van der Waals surface area (Å²) in [7, 11) is 0. The van der Waals surface area contributed by atoms with Crippen LogP contribution in [0.1, 0.15) is 0 Å². The Morgan fingerprint density at radius 2 is 1.45 bits per heavy atom. The molecule has 0 N–H and O–H groups in total. The molecule has 0 unspecified atom stereocenters. The predicted octanol–water partition coefficient (Wildman–Crippen LogP) is 6.57. The Hall–Kier alpha value is -0.740. The van der Waals surface area contributed by atoms with Crippen molar-refractivity contribution in [3.05, 3.63) is 50.4 Å². The van der Waals surface area contributed by atoms with Gasteiger partial charge in [-0.3, -0.25) is 0 Å². The lowest BCUT2D eigenvalue weighted by atomic mass is 10.1. The summed E-state index contributed by atoms with van der Waals surface area (Å²) in [5.41, 5.74) is 1.20. The van der Waals surface area contributed by atoms with Gasteiger partial charge in [-0.1, -0.05) is 52.5 Å². The normalized spacial score (nSPS) is 10.9. The van der Waals surface area contributed by atoms with Crippen LogP contribution in [0.25, 0.3) is 11.1 Å². The summed E-state index contributed by atoms with van der Waals surface area (Å²) in [6, 6.07) is 7.42. The van der Waals surface area contributed by atoms with Gasteiger partial charge in [-0.15, -0.1) is 0 Å². The quantitative estimate of drug-likeness (QED) is 0.564. The van der Waals surface area contributed by atoms with Crippen molar-refractivity contribution in [2.24, 2.45) is 0 Å². The van der Waals surface area contributed by atoms with E-state index in [0.29, 0.717) is 26.2 Å². The Bertz CT molecular complexity index is 647. The second kappa shape index (κ2) is 6.35. The third-order valence-corrected chi connectivity index (χ3v) is 3.80. The SMILES string of the molecule is FC(F)Oc1ccc(-c2cc(Cl)c(Cl)cc2Cl)cc1Cl. The van der Waals surface area contributed by atoms with Gasteiger partial charge in [-0.2, -0.15) is 8.78 Å². The maximum Gasteiger partial charge on any atom is 0.387 e. The predicted molar refractivity (Wildman–Crippen MR) is 78.6 cm³/mol. The second-order valence-corrected chi connectivity index (χ2v) is 5.40. The number of halogens is 6. The Morgan fingerprint density at radius 3 is 2.05 bits per heavy atom. The second-order valence-electron chi connectivity index (χ2n) is 3.77. The van der Waals surface area contributed by atoms with E-state index >= 15 is 0 Å². The van der Waals surface area contributed by atoms with Gasteiger partial charge in [0.1, 0.15) is 5.75 Å². The average molecular weight is 358 g/mol. The number of hydrogen-bond donors (Lipinski definition) is 0. The molecule has 0 heterocycles. The van der Waals surface area contributed by atoms with Crippen LogP contribution in [0.4, 0.5) is 8.78 Å². The highest BCUT2D eigenvalue weighted by molar-refractivity contribution is 6.44. The van der Waals surface area contributed by atoms with Gasteiger partial charge in [0.2, 0.25) is 0 Å². The van der Waals surface area contributed by atoms with E-state index in [9.17, 15) is 8.78 Å². The molecule has 106 valence electrons. The molecule has 0 aliphatic heterocycles. The number of alkyl halides is 2. The molecule has 0 atom stereocenters. The highest BCUT2D eigenvalue weighted by Crippen LogP contribution is 2.38. The Kier molecular flexibility index (Phi) is 4.97. The largest absolute Gasteiger partial charge is 0.433 e. The topological polar surface area (TPSA) is 9.23 Å². The van der Waals surface area contributed by atoms with Gasteiger partial charge in [0.25, 0.3) is 0 Å². The van der Waals surface area contributed by atoms with E-state index in [1.807, 2.05) is 0 Å². The van der Waals surface area contributed by atoms with Gasteiger partial charge < -0.3 is 4.74 Å². The number of ether oxygens (including phenoxy) is 1. The first-order chi connectivity index (χ1) is 9.38. The van der Waals surface area contributed by atoms with Crippen LogP contribution in [0.3, 0.4) is 0 Å². The molecule has 2 aromatic carbocycles. The molecule has 1 nitrogen and oxygen atoms in total. The Balaban J connectivity index is 2.44. The molecule has 2 aromatic rings. The first-order valence-corrected chi connectivity index (χ1v) is 6.79. The lowest BCUT2D eigenvalue weighted by Crippen LogP contribution is -2.02. The summed E-state index contributed by atoms with van der Waals surface area (Å²) in [6.45, 7) is -2.94. The fourth-order valence-electron chi connectivity index (χ4n) is 1.60. The molecule has 0 fully saturated rings. The highest BCUT2D eigenvalue weighted by Gasteiger charge is 2.12. The van der Waals surface area contributed by atoms with Crippen LogP contribution >= 0.6 is 46.4 Å². The molecular formula is C13H6Cl4F2O. The van der Waals surface area contributed by atoms with Crippen molar-refractivity contribution in [2.75, 3.05) is 0 Å². The van der Waals surface area contributed by atoms with E-state index in [1.54, 1.807) is 12.1 Å². The minimum atomic E-state index is -2.94. The van der Waals surface area contributed by atoms with Crippen LogP contribution in [-0.4, -0.2) is 6.61 Å². The summed E-state index contributed by atoms with van der Waals surface area (Å²) < 4.78 is 28.6. The summed E-state index contributed by atoms with van der Waals surface area (Å²) in [5.74, 6) is -0.110. The molecule has 0 saturated carbocycles. The monoisotopic (exact) mass is 356 g/mol. The number of benzene rings is 2. The first-order valence-electron chi connectivity index (χ1n) is 5.27. The first kappa shape index (κ1) is 15.6. The number of hydrogen-bond acceptors (Lipinski definition) is 1. The third-order valence-electron chi connectivity index (χ3n) is 2.47. The molecule has 0 aliphatic carbocycles. The van der Waals surface area contributed by atoms with E-state index in [2.05, 4.69) is 4.74 Å². The molecule has 0 amide bonds. The molecule has 20 heavy (non-hydrogen) atoms. The minimum Gasteiger partial charge on any atom is -0.433 e. The molecule has 0 saturated heterocycles. The van der Waals surface area contributed by atoms with Crippen molar-refractivity contribution in [3.63, 3.8) is 0 Å². The Morgan fingerprint density at radius 1 is 0.800 bits per heavy atom. The van der Waals surface area contributed by atoms with Gasteiger partial charge in [0.05, 0.1) is 15.1 Å². The van der Waals surface area contributed by atoms with Gasteiger partial charge >= 0.3 is 6.61 Å². The highest BCUT2D eigenvalue weighted by atomic mass is 35.5. The average Bonchev–Trinajstić information content (AvgIpc) is 2.36. The van der Waals surface area contributed by atoms with Crippen molar-refractivity contribution in [1.82, 2.24) is 0 Å². The standard InChI is InChI=1S/C13H6Cl4F2O/c14-8-5-10(16)9(15)4-7(8)6-1-2-12(11(17)3-6)20-13(18)19/h1-5,13H. The van der Waals surface area contributed by atoms with E-state index < -0.39 is 6.61 Å². The van der Waals surface area contributed by atoms with Crippen LogP contribution in [0, 0.1) is 0 Å². The summed E-state index contributed by atoms with van der Waals surface area (Å²) >= 11 is 23.7. The fraction of sp³-hybridized carbons (Fsp3) is 0.0769. The van der Waals surface area contributed by atoms with Crippen molar-refractivity contribution in [2.45, 2.75) is 6.61 Å². The fourth-order valence-corrected chi connectivity index (χ4v) is 2.48. The van der Waals surface area contributed by atoms with E-state index in [-0.39, 0.29) is 10.8 Å². The number of rotatable bonds is 3. The Labute approximate surface area is 134 Å². The van der Waals surface area contributed by atoms with Crippen molar-refractivity contribution in [1.29, 1.82) is 0 Å². The zero-order chi connectivity index (χ0) is 14.9. The van der Waals surface area contributed by atoms with Crippen molar-refractivity contribution in [3.8, 4) is 16.9 Å².